The third-order valence-corrected chi connectivity index (χ3v) is 5.87. The number of nitriles is 1. The van der Waals surface area contributed by atoms with Gasteiger partial charge in [0.1, 0.15) is 16.9 Å². The van der Waals surface area contributed by atoms with Gasteiger partial charge < -0.3 is 11.5 Å². The van der Waals surface area contributed by atoms with Gasteiger partial charge in [-0.15, -0.1) is 0 Å². The Hall–Kier alpha value is -4.32. The van der Waals surface area contributed by atoms with Crippen LogP contribution >= 0.6 is 0 Å². The third-order valence-electron chi connectivity index (χ3n) is 5.87. The van der Waals surface area contributed by atoms with Gasteiger partial charge in [0.05, 0.1) is 29.6 Å². The van der Waals surface area contributed by atoms with Crippen LogP contribution in [0, 0.1) is 17.1 Å². The molecule has 2 aromatic carbocycles. The molecular formula is C24H21FN6O2. The molecule has 0 spiro atoms. The molecule has 1 aliphatic heterocycles. The highest BCUT2D eigenvalue weighted by molar-refractivity contribution is 6.40. The molecule has 1 aromatic heterocycles. The molecule has 1 atom stereocenters. The van der Waals surface area contributed by atoms with Crippen LogP contribution in [0.3, 0.4) is 0 Å². The van der Waals surface area contributed by atoms with Crippen molar-refractivity contribution in [1.82, 2.24) is 9.78 Å². The average molecular weight is 444 g/mol. The summed E-state index contributed by atoms with van der Waals surface area (Å²) in [5, 5.41) is 13.6. The third kappa shape index (κ3) is 3.76. The summed E-state index contributed by atoms with van der Waals surface area (Å²) < 4.78 is 15.7. The Morgan fingerprint density at radius 3 is 2.52 bits per heavy atom. The monoisotopic (exact) mass is 444 g/mol. The Bertz CT molecular complexity index is 1340. The highest BCUT2D eigenvalue weighted by Crippen LogP contribution is 2.45. The maximum absolute atomic E-state index is 14.0. The molecule has 0 aliphatic carbocycles. The van der Waals surface area contributed by atoms with Gasteiger partial charge in [-0.3, -0.25) is 14.3 Å². The van der Waals surface area contributed by atoms with Crippen molar-refractivity contribution >= 4 is 23.2 Å². The van der Waals surface area contributed by atoms with E-state index in [-0.39, 0.29) is 17.8 Å². The second-order valence-electron chi connectivity index (χ2n) is 7.88. The molecule has 1 unspecified atom stereocenters. The van der Waals surface area contributed by atoms with E-state index in [1.165, 1.54) is 12.1 Å². The Labute approximate surface area is 189 Å². The first kappa shape index (κ1) is 21.9. The maximum Gasteiger partial charge on any atom is 0.263 e. The number of fused-ring (bicyclic) bond motifs is 1. The summed E-state index contributed by atoms with van der Waals surface area (Å²) in [7, 11) is 0. The van der Waals surface area contributed by atoms with Crippen molar-refractivity contribution in [3.8, 4) is 6.07 Å². The van der Waals surface area contributed by atoms with E-state index in [1.807, 2.05) is 19.1 Å². The van der Waals surface area contributed by atoms with E-state index in [4.69, 9.17) is 16.7 Å². The molecule has 2 amide bonds. The first-order chi connectivity index (χ1) is 15.8. The van der Waals surface area contributed by atoms with Crippen LogP contribution in [0.15, 0.2) is 53.7 Å². The molecule has 33 heavy (non-hydrogen) atoms. The van der Waals surface area contributed by atoms with Crippen LogP contribution in [0.5, 0.6) is 0 Å². The normalized spacial score (nSPS) is 17.1. The van der Waals surface area contributed by atoms with Crippen molar-refractivity contribution in [3.63, 3.8) is 0 Å². The highest BCUT2D eigenvalue weighted by atomic mass is 19.1. The topological polar surface area (TPSA) is 140 Å². The Morgan fingerprint density at radius 1 is 1.18 bits per heavy atom. The molecule has 0 saturated carbocycles. The minimum atomic E-state index is -1.48. The molecule has 3 aromatic rings. The molecule has 8 nitrogen and oxygen atoms in total. The molecule has 0 radical (unpaired) electrons. The first-order valence-electron chi connectivity index (χ1n) is 10.3. The highest BCUT2D eigenvalue weighted by Gasteiger charge is 2.48. The van der Waals surface area contributed by atoms with Gasteiger partial charge in [-0.2, -0.15) is 10.4 Å². The summed E-state index contributed by atoms with van der Waals surface area (Å²) in [6.07, 6.45) is 2.06. The van der Waals surface area contributed by atoms with Gasteiger partial charge in [0.25, 0.3) is 5.91 Å². The number of aliphatic imine (C=N–C) groups is 1. The van der Waals surface area contributed by atoms with Crippen molar-refractivity contribution in [1.29, 1.82) is 5.26 Å². The molecule has 4 rings (SSSR count). The number of amides is 2. The van der Waals surface area contributed by atoms with Crippen LogP contribution in [0.25, 0.3) is 0 Å². The lowest BCUT2D eigenvalue weighted by molar-refractivity contribution is -0.122. The summed E-state index contributed by atoms with van der Waals surface area (Å²) >= 11 is 0. The number of halogens is 1. The SMILES string of the molecule is CCc1nn(Cc2ccc(C#N)cc2)cc1C1(C(N)=O)CC(C(N)=O)=Nc2cc(F)ccc21. The van der Waals surface area contributed by atoms with Crippen LogP contribution in [-0.2, 0) is 28.0 Å². The number of aromatic nitrogens is 2. The molecule has 4 N–H and O–H groups in total. The zero-order valence-corrected chi connectivity index (χ0v) is 17.9. The van der Waals surface area contributed by atoms with Gasteiger partial charge in [0.2, 0.25) is 5.91 Å². The summed E-state index contributed by atoms with van der Waals surface area (Å²) in [5.74, 6) is -2.08. The smallest absolute Gasteiger partial charge is 0.263 e. The fourth-order valence-corrected chi connectivity index (χ4v) is 4.26. The standard InChI is InChI=1S/C24H21FN6O2/c1-2-19-18(13-31(30-19)12-15-5-3-14(11-26)4-6-15)24(23(28)33)10-21(22(27)32)29-20-9-16(25)7-8-17(20)24/h3-9,13H,2,10,12H2,1H3,(H2,27,32)(H2,28,33). The lowest BCUT2D eigenvalue weighted by Gasteiger charge is -2.35. The van der Waals surface area contributed by atoms with E-state index < -0.39 is 23.0 Å². The zero-order valence-electron chi connectivity index (χ0n) is 17.9. The second-order valence-corrected chi connectivity index (χ2v) is 7.88. The number of hydrogen-bond acceptors (Lipinski definition) is 5. The number of nitrogens with zero attached hydrogens (tertiary/aromatic N) is 4. The van der Waals surface area contributed by atoms with Crippen LogP contribution in [-0.4, -0.2) is 27.3 Å². The van der Waals surface area contributed by atoms with Gasteiger partial charge in [-0.25, -0.2) is 9.38 Å². The molecule has 0 fully saturated rings. The molecular weight excluding hydrogens is 423 g/mol. The van der Waals surface area contributed by atoms with E-state index in [0.717, 1.165) is 11.6 Å². The molecule has 9 heteroatoms. The fourth-order valence-electron chi connectivity index (χ4n) is 4.26. The molecule has 0 bridgehead atoms. The van der Waals surface area contributed by atoms with Crippen LogP contribution in [0.1, 0.15) is 41.3 Å². The minimum Gasteiger partial charge on any atom is -0.369 e. The lowest BCUT2D eigenvalue weighted by Crippen LogP contribution is -2.47. The zero-order chi connectivity index (χ0) is 23.8. The molecule has 2 heterocycles. The van der Waals surface area contributed by atoms with Gasteiger partial charge in [-0.1, -0.05) is 25.1 Å². The first-order valence-corrected chi connectivity index (χ1v) is 10.3. The maximum atomic E-state index is 14.0. The predicted octanol–water partition coefficient (Wildman–Crippen LogP) is 2.24. The molecule has 0 saturated heterocycles. The van der Waals surface area contributed by atoms with Crippen molar-refractivity contribution in [2.75, 3.05) is 0 Å². The van der Waals surface area contributed by atoms with E-state index in [2.05, 4.69) is 16.2 Å². The number of nitrogens with two attached hydrogens (primary N) is 2. The minimum absolute atomic E-state index is 0.0613. The summed E-state index contributed by atoms with van der Waals surface area (Å²) in [4.78, 5) is 29.3. The van der Waals surface area contributed by atoms with Gasteiger partial charge in [0.15, 0.2) is 0 Å². The largest absolute Gasteiger partial charge is 0.369 e. The van der Waals surface area contributed by atoms with E-state index in [1.54, 1.807) is 23.0 Å². The van der Waals surface area contributed by atoms with E-state index in [0.29, 0.717) is 35.3 Å². The Balaban J connectivity index is 1.87. The number of carbonyl (C=O) groups excluding carboxylic acids is 2. The van der Waals surface area contributed by atoms with E-state index >= 15 is 0 Å². The van der Waals surface area contributed by atoms with Crippen LogP contribution in [0.2, 0.25) is 0 Å². The second kappa shape index (κ2) is 8.31. The van der Waals surface area contributed by atoms with Crippen molar-refractivity contribution in [2.24, 2.45) is 16.5 Å². The van der Waals surface area contributed by atoms with Crippen molar-refractivity contribution in [2.45, 2.75) is 31.7 Å². The van der Waals surface area contributed by atoms with Gasteiger partial charge >= 0.3 is 0 Å². The number of rotatable bonds is 6. The number of benzene rings is 2. The Kier molecular flexibility index (Phi) is 5.52. The van der Waals surface area contributed by atoms with Crippen molar-refractivity contribution in [3.05, 3.63) is 82.4 Å². The predicted molar refractivity (Wildman–Crippen MR) is 119 cm³/mol. The van der Waals surface area contributed by atoms with Crippen LogP contribution < -0.4 is 11.5 Å². The number of carbonyl (C=O) groups is 2. The fraction of sp³-hybridized carbons (Fsp3) is 0.208. The van der Waals surface area contributed by atoms with Crippen LogP contribution in [0.4, 0.5) is 10.1 Å². The molecule has 166 valence electrons. The quantitative estimate of drug-likeness (QED) is 0.601. The Morgan fingerprint density at radius 2 is 1.91 bits per heavy atom. The van der Waals surface area contributed by atoms with Gasteiger partial charge in [0, 0.05) is 18.2 Å². The number of primary amides is 2. The number of hydrogen-bond donors (Lipinski definition) is 2. The summed E-state index contributed by atoms with van der Waals surface area (Å²) in [6.45, 7) is 2.28. The average Bonchev–Trinajstić information content (AvgIpc) is 3.21. The van der Waals surface area contributed by atoms with Gasteiger partial charge in [-0.05, 0) is 41.8 Å². The molecule has 1 aliphatic rings. The lowest BCUT2D eigenvalue weighted by atomic mass is 9.68. The van der Waals surface area contributed by atoms with Crippen molar-refractivity contribution < 1.29 is 14.0 Å². The number of aryl methyl sites for hydroxylation is 1. The van der Waals surface area contributed by atoms with E-state index in [9.17, 15) is 14.0 Å². The summed E-state index contributed by atoms with van der Waals surface area (Å²) in [6, 6.07) is 13.0. The summed E-state index contributed by atoms with van der Waals surface area (Å²) in [5.41, 5.74) is 13.0.